The van der Waals surface area contributed by atoms with Crippen LogP contribution in [0.3, 0.4) is 0 Å². The molecule has 64 heavy (non-hydrogen) atoms. The van der Waals surface area contributed by atoms with Gasteiger partial charge in [0.25, 0.3) is 11.8 Å². The van der Waals surface area contributed by atoms with Crippen LogP contribution < -0.4 is 25.2 Å². The van der Waals surface area contributed by atoms with Crippen molar-refractivity contribution in [2.45, 2.75) is 63.8 Å². The summed E-state index contributed by atoms with van der Waals surface area (Å²) in [7, 11) is 0. The molecule has 1 aromatic heterocycles. The van der Waals surface area contributed by atoms with Crippen molar-refractivity contribution in [1.82, 2.24) is 30.0 Å². The van der Waals surface area contributed by atoms with Crippen LogP contribution in [0.2, 0.25) is 0 Å². The van der Waals surface area contributed by atoms with E-state index in [9.17, 15) is 29.1 Å². The van der Waals surface area contributed by atoms with Gasteiger partial charge in [0, 0.05) is 93.7 Å². The molecule has 3 saturated heterocycles. The normalized spacial score (nSPS) is 20.0. The standard InChI is InChI=1S/C47H53N9O8/c1-3-41(59)53-20-22-54(23-21-53)43-34-15-19-55(39-26-31(57)25-30-7-4-5-8-33(30)39)28-37(34)49-47(51-43)64-29(2)27-52-17-13-32(14-18-52)63-24-16-48-36-10-6-9-35-42(36)46(62)56(45(35)61)38-11-12-40(58)50-44(38)60/h3-10,25-26,29,32,38,48,57H,1,11-24,27-28H2,2H3,(H,50,58,60)/t29-,38?/m1/s1. The monoisotopic (exact) mass is 871 g/mol. The van der Waals surface area contributed by atoms with Gasteiger partial charge in [0.15, 0.2) is 0 Å². The molecule has 0 radical (unpaired) electrons. The molecular formula is C47H53N9O8. The van der Waals surface area contributed by atoms with Crippen LogP contribution in [0.25, 0.3) is 10.8 Å². The predicted octanol–water partition coefficient (Wildman–Crippen LogP) is 3.49. The predicted molar refractivity (Wildman–Crippen MR) is 238 cm³/mol. The number of imide groups is 2. The van der Waals surface area contributed by atoms with Crippen molar-refractivity contribution in [3.8, 4) is 11.8 Å². The summed E-state index contributed by atoms with van der Waals surface area (Å²) >= 11 is 0. The number of likely N-dealkylation sites (tertiary alicyclic amines) is 1. The van der Waals surface area contributed by atoms with E-state index < -0.39 is 29.7 Å². The highest BCUT2D eigenvalue weighted by atomic mass is 16.5. The maximum Gasteiger partial charge on any atom is 0.318 e. The molecule has 0 aliphatic carbocycles. The second-order valence-corrected chi connectivity index (χ2v) is 17.0. The number of rotatable bonds is 13. The average Bonchev–Trinajstić information content (AvgIpc) is 3.55. The number of benzene rings is 3. The molecule has 17 nitrogen and oxygen atoms in total. The van der Waals surface area contributed by atoms with Crippen molar-refractivity contribution in [1.29, 1.82) is 0 Å². The maximum absolute atomic E-state index is 13.4. The van der Waals surface area contributed by atoms with Crippen molar-refractivity contribution < 1.29 is 38.6 Å². The largest absolute Gasteiger partial charge is 0.508 e. The summed E-state index contributed by atoms with van der Waals surface area (Å²) in [5, 5.41) is 18.2. The van der Waals surface area contributed by atoms with Gasteiger partial charge in [-0.1, -0.05) is 36.9 Å². The third-order valence-corrected chi connectivity index (χ3v) is 12.8. The minimum Gasteiger partial charge on any atom is -0.508 e. The highest BCUT2D eigenvalue weighted by Gasteiger charge is 2.45. The molecule has 0 saturated carbocycles. The molecular weight excluding hydrogens is 819 g/mol. The zero-order valence-corrected chi connectivity index (χ0v) is 36.0. The molecule has 3 fully saturated rings. The number of hydrogen-bond donors (Lipinski definition) is 3. The summed E-state index contributed by atoms with van der Waals surface area (Å²) in [6.07, 6.45) is 3.75. The first kappa shape index (κ1) is 42.7. The third kappa shape index (κ3) is 8.69. The van der Waals surface area contributed by atoms with Gasteiger partial charge in [0.05, 0.1) is 36.1 Å². The number of phenolic OH excluding ortho intramolecular Hbond substituents is 1. The highest BCUT2D eigenvalue weighted by molar-refractivity contribution is 6.25. The van der Waals surface area contributed by atoms with Gasteiger partial charge in [0.1, 0.15) is 23.7 Å². The molecule has 9 rings (SSSR count). The summed E-state index contributed by atoms with van der Waals surface area (Å²) in [6, 6.07) is 16.0. The lowest BCUT2D eigenvalue weighted by molar-refractivity contribution is -0.136. The first-order chi connectivity index (χ1) is 31.0. The number of piperidine rings is 2. The van der Waals surface area contributed by atoms with E-state index in [-0.39, 0.29) is 47.8 Å². The Balaban J connectivity index is 0.799. The number of piperazine rings is 1. The lowest BCUT2D eigenvalue weighted by atomic mass is 10.0. The molecule has 0 bridgehead atoms. The Morgan fingerprint density at radius 1 is 0.938 bits per heavy atom. The van der Waals surface area contributed by atoms with Crippen LogP contribution in [0, 0.1) is 0 Å². The number of nitrogens with one attached hydrogen (secondary N) is 2. The number of carbonyl (C=O) groups excluding carboxylic acids is 5. The van der Waals surface area contributed by atoms with E-state index in [0.29, 0.717) is 70.5 Å². The van der Waals surface area contributed by atoms with E-state index in [2.05, 4.69) is 38.0 Å². The van der Waals surface area contributed by atoms with Crippen molar-refractivity contribution in [2.75, 3.05) is 80.6 Å². The molecule has 6 heterocycles. The van der Waals surface area contributed by atoms with E-state index in [0.717, 1.165) is 70.9 Å². The summed E-state index contributed by atoms with van der Waals surface area (Å²) < 4.78 is 12.8. The number of aromatic hydroxyl groups is 1. The Morgan fingerprint density at radius 3 is 2.52 bits per heavy atom. The molecule has 5 aliphatic rings. The van der Waals surface area contributed by atoms with Crippen LogP contribution in [0.1, 0.15) is 64.6 Å². The van der Waals surface area contributed by atoms with E-state index in [1.165, 1.54) is 6.08 Å². The van der Waals surface area contributed by atoms with Crippen LogP contribution >= 0.6 is 0 Å². The molecule has 5 amide bonds. The summed E-state index contributed by atoms with van der Waals surface area (Å²) in [5.41, 5.74) is 3.86. The zero-order chi connectivity index (χ0) is 44.5. The van der Waals surface area contributed by atoms with E-state index >= 15 is 0 Å². The number of ether oxygens (including phenoxy) is 2. The number of anilines is 3. The van der Waals surface area contributed by atoms with Gasteiger partial charge < -0.3 is 34.6 Å². The minimum atomic E-state index is -1.02. The summed E-state index contributed by atoms with van der Waals surface area (Å²) in [4.78, 5) is 82.9. The fraction of sp³-hybridized carbons (Fsp3) is 0.426. The first-order valence-electron chi connectivity index (χ1n) is 22.2. The smallest absolute Gasteiger partial charge is 0.318 e. The number of aromatic nitrogens is 2. The number of phenols is 1. The Bertz CT molecular complexity index is 2500. The van der Waals surface area contributed by atoms with Gasteiger partial charge in [0.2, 0.25) is 17.7 Å². The second-order valence-electron chi connectivity index (χ2n) is 17.0. The van der Waals surface area contributed by atoms with E-state index in [1.54, 1.807) is 29.2 Å². The number of hydrogen-bond acceptors (Lipinski definition) is 14. The third-order valence-electron chi connectivity index (χ3n) is 12.8. The molecule has 3 aromatic carbocycles. The number of carbonyl (C=O) groups is 5. The Hall–Kier alpha value is -6.59. The first-order valence-corrected chi connectivity index (χ1v) is 22.2. The summed E-state index contributed by atoms with van der Waals surface area (Å²) in [6.45, 7) is 12.5. The molecule has 2 atom stereocenters. The number of fused-ring (bicyclic) bond motifs is 3. The van der Waals surface area contributed by atoms with Crippen LogP contribution in [0.5, 0.6) is 11.8 Å². The van der Waals surface area contributed by atoms with Crippen molar-refractivity contribution in [3.63, 3.8) is 0 Å². The molecule has 17 heteroatoms. The highest BCUT2D eigenvalue weighted by Crippen LogP contribution is 2.37. The second kappa shape index (κ2) is 18.3. The number of nitrogens with zero attached hydrogens (tertiary/aromatic N) is 7. The Labute approximate surface area is 371 Å². The lowest BCUT2D eigenvalue weighted by Crippen LogP contribution is -2.54. The van der Waals surface area contributed by atoms with Gasteiger partial charge in [-0.3, -0.25) is 39.1 Å². The van der Waals surface area contributed by atoms with Crippen molar-refractivity contribution in [3.05, 3.63) is 89.6 Å². The topological polar surface area (TPSA) is 190 Å². The Kier molecular flexibility index (Phi) is 12.2. The van der Waals surface area contributed by atoms with Crippen molar-refractivity contribution >= 4 is 57.5 Å². The maximum atomic E-state index is 13.4. The molecule has 1 unspecified atom stereocenters. The molecule has 3 N–H and O–H groups in total. The SMILES string of the molecule is C=CC(=O)N1CCN(c2nc(O[C@H](C)CN3CCC(OCCNc4cccc5c4C(=O)N(C4CCC(=O)NC4=O)C5=O)CC3)nc3c2CCN(c2cc(O)cc4ccccc24)C3)CC1. The van der Waals surface area contributed by atoms with E-state index in [4.69, 9.17) is 19.4 Å². The van der Waals surface area contributed by atoms with Gasteiger partial charge in [-0.25, -0.2) is 0 Å². The fourth-order valence-corrected chi connectivity index (χ4v) is 9.63. The quantitative estimate of drug-likeness (QED) is 0.101. The molecule has 5 aliphatic heterocycles. The van der Waals surface area contributed by atoms with Crippen LogP contribution in [-0.4, -0.2) is 143 Å². The zero-order valence-electron chi connectivity index (χ0n) is 36.0. The van der Waals surface area contributed by atoms with Gasteiger partial charge in [-0.2, -0.15) is 9.97 Å². The minimum absolute atomic E-state index is 0.0577. The van der Waals surface area contributed by atoms with Gasteiger partial charge >= 0.3 is 6.01 Å². The fourth-order valence-electron chi connectivity index (χ4n) is 9.63. The number of amides is 5. The molecule has 0 spiro atoms. The Morgan fingerprint density at radius 2 is 1.73 bits per heavy atom. The average molecular weight is 872 g/mol. The molecule has 4 aromatic rings. The van der Waals surface area contributed by atoms with Gasteiger partial charge in [-0.15, -0.1) is 0 Å². The molecule has 334 valence electrons. The van der Waals surface area contributed by atoms with Gasteiger partial charge in [-0.05, 0) is 62.3 Å². The van der Waals surface area contributed by atoms with Crippen molar-refractivity contribution in [2.24, 2.45) is 0 Å². The lowest BCUT2D eigenvalue weighted by Gasteiger charge is -2.38. The van der Waals surface area contributed by atoms with Crippen LogP contribution in [0.4, 0.5) is 17.2 Å². The van der Waals surface area contributed by atoms with Crippen LogP contribution in [0.15, 0.2) is 67.3 Å². The summed E-state index contributed by atoms with van der Waals surface area (Å²) in [5.74, 6) is -1.16. The van der Waals surface area contributed by atoms with E-state index in [1.807, 2.05) is 31.2 Å². The van der Waals surface area contributed by atoms with Crippen LogP contribution in [-0.2, 0) is 32.1 Å².